The minimum atomic E-state index is 0. The van der Waals surface area contributed by atoms with Crippen molar-refractivity contribution in [1.29, 1.82) is 0 Å². The number of guanidine groups is 1. The van der Waals surface area contributed by atoms with Gasteiger partial charge in [0.2, 0.25) is 0 Å². The number of hydrogen-bond acceptors (Lipinski definition) is 3. The third-order valence-corrected chi connectivity index (χ3v) is 4.92. The molecule has 1 fully saturated rings. The Morgan fingerprint density at radius 3 is 2.48 bits per heavy atom. The number of rotatable bonds is 11. The van der Waals surface area contributed by atoms with Crippen molar-refractivity contribution in [3.05, 3.63) is 29.8 Å². The number of halogens is 1. The van der Waals surface area contributed by atoms with Crippen LogP contribution in [0.4, 0.5) is 0 Å². The van der Waals surface area contributed by atoms with E-state index >= 15 is 0 Å². The molecule has 154 valence electrons. The molecule has 0 spiro atoms. The fraction of sp³-hybridized carbons (Fsp3) is 0.667. The number of nitrogens with zero attached hydrogens (tertiary/aromatic N) is 2. The first-order valence-corrected chi connectivity index (χ1v) is 9.85. The van der Waals surface area contributed by atoms with E-state index in [0.717, 1.165) is 51.0 Å². The summed E-state index contributed by atoms with van der Waals surface area (Å²) < 4.78 is 11.4. The molecule has 0 amide bonds. The molecule has 0 atom stereocenters. The summed E-state index contributed by atoms with van der Waals surface area (Å²) in [6.45, 7) is 11.1. The lowest BCUT2D eigenvalue weighted by molar-refractivity contribution is 0.129. The summed E-state index contributed by atoms with van der Waals surface area (Å²) >= 11 is 0. The van der Waals surface area contributed by atoms with Crippen molar-refractivity contribution >= 4 is 29.9 Å². The maximum Gasteiger partial charge on any atom is 0.193 e. The average Bonchev–Trinajstić information content (AvgIpc) is 3.40. The van der Waals surface area contributed by atoms with Crippen LogP contribution in [0, 0.1) is 12.3 Å². The second-order valence-corrected chi connectivity index (χ2v) is 7.20. The lowest BCUT2D eigenvalue weighted by atomic mass is 10.0. The molecule has 1 aliphatic rings. The molecule has 6 heteroatoms. The molecule has 0 radical (unpaired) electrons. The van der Waals surface area contributed by atoms with Crippen molar-refractivity contribution in [2.24, 2.45) is 10.4 Å². The zero-order valence-corrected chi connectivity index (χ0v) is 19.6. The van der Waals surface area contributed by atoms with Gasteiger partial charge >= 0.3 is 0 Å². The smallest absolute Gasteiger partial charge is 0.193 e. The highest BCUT2D eigenvalue weighted by Crippen LogP contribution is 2.49. The highest BCUT2D eigenvalue weighted by atomic mass is 127. The van der Waals surface area contributed by atoms with Gasteiger partial charge in [-0.25, -0.2) is 0 Å². The van der Waals surface area contributed by atoms with E-state index in [2.05, 4.69) is 50.2 Å². The van der Waals surface area contributed by atoms with Crippen molar-refractivity contribution in [3.8, 4) is 5.75 Å². The predicted molar refractivity (Wildman–Crippen MR) is 123 cm³/mol. The van der Waals surface area contributed by atoms with Crippen LogP contribution in [0.2, 0.25) is 0 Å². The van der Waals surface area contributed by atoms with Crippen molar-refractivity contribution < 1.29 is 9.47 Å². The number of benzene rings is 1. The molecule has 2 rings (SSSR count). The minimum Gasteiger partial charge on any atom is -0.492 e. The Hall–Kier alpha value is -1.02. The number of aliphatic imine (C=N–C) groups is 1. The monoisotopic (exact) mass is 489 g/mol. The van der Waals surface area contributed by atoms with E-state index in [1.165, 1.54) is 18.4 Å². The normalized spacial score (nSPS) is 15.0. The second kappa shape index (κ2) is 12.4. The molecule has 1 aromatic carbocycles. The quantitative estimate of drug-likeness (QED) is 0.220. The van der Waals surface area contributed by atoms with Gasteiger partial charge in [0.25, 0.3) is 0 Å². The van der Waals surface area contributed by atoms with E-state index in [1.54, 1.807) is 0 Å². The zero-order valence-electron chi connectivity index (χ0n) is 17.3. The van der Waals surface area contributed by atoms with Gasteiger partial charge in [-0.2, -0.15) is 0 Å². The first-order valence-electron chi connectivity index (χ1n) is 9.85. The summed E-state index contributed by atoms with van der Waals surface area (Å²) in [6.07, 6.45) is 3.65. The van der Waals surface area contributed by atoms with Gasteiger partial charge in [0, 0.05) is 33.4 Å². The predicted octanol–water partition coefficient (Wildman–Crippen LogP) is 4.10. The van der Waals surface area contributed by atoms with Crippen molar-refractivity contribution in [3.63, 3.8) is 0 Å². The van der Waals surface area contributed by atoms with Gasteiger partial charge in [-0.1, -0.05) is 17.7 Å². The minimum absolute atomic E-state index is 0. The van der Waals surface area contributed by atoms with Crippen LogP contribution in [0.15, 0.2) is 29.3 Å². The molecule has 0 heterocycles. The fourth-order valence-corrected chi connectivity index (χ4v) is 2.85. The van der Waals surface area contributed by atoms with Crippen molar-refractivity contribution in [2.45, 2.75) is 40.0 Å². The first kappa shape index (κ1) is 24.0. The molecule has 0 bridgehead atoms. The van der Waals surface area contributed by atoms with Crippen LogP contribution in [0.5, 0.6) is 5.75 Å². The fourth-order valence-electron chi connectivity index (χ4n) is 2.85. The van der Waals surface area contributed by atoms with E-state index in [0.29, 0.717) is 12.0 Å². The Morgan fingerprint density at radius 1 is 1.19 bits per heavy atom. The maximum absolute atomic E-state index is 5.84. The number of likely N-dealkylation sites (N-methyl/N-ethyl adjacent to an activating group) is 1. The summed E-state index contributed by atoms with van der Waals surface area (Å²) in [5.74, 6) is 1.88. The van der Waals surface area contributed by atoms with Crippen LogP contribution in [0.1, 0.15) is 38.7 Å². The van der Waals surface area contributed by atoms with Crippen molar-refractivity contribution in [2.75, 3.05) is 46.5 Å². The first-order chi connectivity index (χ1) is 12.6. The van der Waals surface area contributed by atoms with Crippen molar-refractivity contribution in [1.82, 2.24) is 10.2 Å². The largest absolute Gasteiger partial charge is 0.492 e. The Balaban J connectivity index is 0.00000364. The lowest BCUT2D eigenvalue weighted by Gasteiger charge is -2.23. The molecule has 1 N–H and O–H groups in total. The summed E-state index contributed by atoms with van der Waals surface area (Å²) in [5, 5.41) is 3.40. The Kier molecular flexibility index (Phi) is 11.1. The molecular weight excluding hydrogens is 453 g/mol. The molecule has 27 heavy (non-hydrogen) atoms. The highest BCUT2D eigenvalue weighted by molar-refractivity contribution is 14.0. The molecule has 1 saturated carbocycles. The summed E-state index contributed by atoms with van der Waals surface area (Å²) in [7, 11) is 2.07. The standard InChI is InChI=1S/C21H35N3O2.HI/c1-5-22-20(23-17-21(11-12-21)13-15-25-6-2)24(4)14-16-26-19-9-7-18(3)8-10-19;/h7-10H,5-6,11-17H2,1-4H3,(H,22,23);1H. The maximum atomic E-state index is 5.84. The average molecular weight is 489 g/mol. The van der Waals surface area contributed by atoms with Gasteiger partial charge in [0.1, 0.15) is 12.4 Å². The summed E-state index contributed by atoms with van der Waals surface area (Å²) in [4.78, 5) is 7.03. The van der Waals surface area contributed by atoms with Gasteiger partial charge < -0.3 is 19.7 Å². The van der Waals surface area contributed by atoms with Crippen LogP contribution in [0.3, 0.4) is 0 Å². The molecule has 0 aromatic heterocycles. The molecule has 5 nitrogen and oxygen atoms in total. The summed E-state index contributed by atoms with van der Waals surface area (Å²) in [6, 6.07) is 8.18. The number of ether oxygens (including phenoxy) is 2. The van der Waals surface area contributed by atoms with E-state index in [-0.39, 0.29) is 24.0 Å². The van der Waals surface area contributed by atoms with E-state index in [4.69, 9.17) is 14.5 Å². The van der Waals surface area contributed by atoms with Crippen LogP contribution in [-0.4, -0.2) is 57.4 Å². The number of hydrogen-bond donors (Lipinski definition) is 1. The van der Waals surface area contributed by atoms with E-state index < -0.39 is 0 Å². The molecule has 1 aromatic rings. The molecule has 0 aliphatic heterocycles. The molecule has 1 aliphatic carbocycles. The van der Waals surface area contributed by atoms with Crippen LogP contribution in [-0.2, 0) is 4.74 Å². The van der Waals surface area contributed by atoms with E-state index in [9.17, 15) is 0 Å². The topological polar surface area (TPSA) is 46.1 Å². The molecule has 0 unspecified atom stereocenters. The Labute approximate surface area is 181 Å². The number of aryl methyl sites for hydroxylation is 1. The molecule has 0 saturated heterocycles. The van der Waals surface area contributed by atoms with Crippen LogP contribution in [0.25, 0.3) is 0 Å². The SMILES string of the molecule is CCNC(=NCC1(CCOCC)CC1)N(C)CCOc1ccc(C)cc1.I. The third-order valence-electron chi connectivity index (χ3n) is 4.92. The van der Waals surface area contributed by atoms with Gasteiger partial charge in [-0.3, -0.25) is 4.99 Å². The lowest BCUT2D eigenvalue weighted by Crippen LogP contribution is -2.41. The highest BCUT2D eigenvalue weighted by Gasteiger charge is 2.42. The van der Waals surface area contributed by atoms with Crippen LogP contribution < -0.4 is 10.1 Å². The second-order valence-electron chi connectivity index (χ2n) is 7.20. The van der Waals surface area contributed by atoms with Gasteiger partial charge in [-0.15, -0.1) is 24.0 Å². The van der Waals surface area contributed by atoms with E-state index in [1.807, 2.05) is 12.1 Å². The third kappa shape index (κ3) is 8.68. The van der Waals surface area contributed by atoms with Gasteiger partial charge in [-0.05, 0) is 57.6 Å². The number of nitrogens with one attached hydrogen (secondary N) is 1. The Morgan fingerprint density at radius 2 is 1.89 bits per heavy atom. The summed E-state index contributed by atoms with van der Waals surface area (Å²) in [5.41, 5.74) is 1.61. The zero-order chi connectivity index (χ0) is 18.8. The van der Waals surface area contributed by atoms with Crippen LogP contribution >= 0.6 is 24.0 Å². The van der Waals surface area contributed by atoms with Gasteiger partial charge in [0.15, 0.2) is 5.96 Å². The Bertz CT molecular complexity index is 559. The van der Waals surface area contributed by atoms with Gasteiger partial charge in [0.05, 0.1) is 6.54 Å². The molecular formula is C21H36IN3O2.